The third-order valence-corrected chi connectivity index (χ3v) is 0. The molecule has 0 bridgehead atoms. The highest BCUT2D eigenvalue weighted by Crippen LogP contribution is -0.288. The molecule has 0 spiro atoms. The molecule has 0 fully saturated rings. The van der Waals surface area contributed by atoms with Crippen molar-refractivity contribution < 1.29 is 11.0 Å². The third-order valence-electron chi connectivity index (χ3n) is 0. The van der Waals surface area contributed by atoms with Gasteiger partial charge in [-0.05, 0) is 0 Å². The molecule has 0 heterocycles. The molecule has 22 N–H and O–H groups in total. The largest absolute Gasteiger partial charge is 0.412 e. The molecule has 0 aliphatic carbocycles. The first-order chi connectivity index (χ1) is 0. The number of hydrogen-bond donors (Lipinski definition) is 6. The van der Waals surface area contributed by atoms with E-state index in [1.807, 2.05) is 0 Å². The number of rotatable bonds is 0. The van der Waals surface area contributed by atoms with Crippen molar-refractivity contribution >= 4 is 0 Å². The van der Waals surface area contributed by atoms with Crippen molar-refractivity contribution in [3.63, 3.8) is 0 Å². The normalized spacial score (nSPS) is 0. The minimum atomic E-state index is 0. The molecule has 0 aliphatic rings. The molecule has 0 saturated carbocycles. The van der Waals surface area contributed by atoms with Crippen LogP contribution in [0.25, 0.3) is 0 Å². The van der Waals surface area contributed by atoms with Gasteiger partial charge in [0.05, 0.1) is 0 Å². The van der Waals surface area contributed by atoms with Gasteiger partial charge in [-0.15, -0.1) is 0 Å². The minimum absolute atomic E-state index is 0. The summed E-state index contributed by atoms with van der Waals surface area (Å²) >= 11 is 0. The third kappa shape index (κ3) is 1210. The predicted octanol–water partition coefficient (Wildman–Crippen LogP) is -0.677. The van der Waals surface area contributed by atoms with Crippen LogP contribution in [0.4, 0.5) is 0 Å². The molecule has 0 amide bonds. The first-order valence-electron chi connectivity index (χ1n) is 0. The van der Waals surface area contributed by atoms with Gasteiger partial charge in [0.25, 0.3) is 0 Å². The minimum Gasteiger partial charge on any atom is -0.412 e. The second-order valence-corrected chi connectivity index (χ2v) is 0. The van der Waals surface area contributed by atoms with Gasteiger partial charge < -0.3 is 47.9 Å². The Morgan fingerprint density at radius 1 is 0.250 bits per heavy atom. The standard InChI is InChI=1S/6H3N.2H2O/h6*1H3;2*1H2. The Morgan fingerprint density at radius 3 is 0.250 bits per heavy atom. The molecular formula is H22N6O2. The van der Waals surface area contributed by atoms with Crippen LogP contribution < -0.4 is 36.9 Å². The summed E-state index contributed by atoms with van der Waals surface area (Å²) in [6.45, 7) is 0. The van der Waals surface area contributed by atoms with E-state index in [-0.39, 0.29) is 47.9 Å². The summed E-state index contributed by atoms with van der Waals surface area (Å²) < 4.78 is 0. The average molecular weight is 138 g/mol. The molecule has 64 valence electrons. The van der Waals surface area contributed by atoms with Gasteiger partial charge in [0.2, 0.25) is 0 Å². The maximum absolute atomic E-state index is 0. The zero-order valence-electron chi connectivity index (χ0n) is 5.24. The summed E-state index contributed by atoms with van der Waals surface area (Å²) in [5.41, 5.74) is 0. The Balaban J connectivity index is 0. The lowest BCUT2D eigenvalue weighted by atomic mass is 14.0. The fourth-order valence-corrected chi connectivity index (χ4v) is 0. The van der Waals surface area contributed by atoms with Crippen molar-refractivity contribution in [1.82, 2.24) is 36.9 Å². The molecule has 0 aromatic rings. The van der Waals surface area contributed by atoms with Gasteiger partial charge in [0, 0.05) is 0 Å². The monoisotopic (exact) mass is 138 g/mol. The smallest absolute Gasteiger partial charge is 0.344 e. The molecule has 0 aliphatic heterocycles. The van der Waals surface area contributed by atoms with Crippen molar-refractivity contribution in [2.24, 2.45) is 0 Å². The zero-order chi connectivity index (χ0) is 0. The molecule has 8 heavy (non-hydrogen) atoms. The van der Waals surface area contributed by atoms with Crippen LogP contribution >= 0.6 is 0 Å². The van der Waals surface area contributed by atoms with Gasteiger partial charge in [-0.3, -0.25) is 0 Å². The molecule has 0 atom stereocenters. The Kier molecular flexibility index (Phi) is 880000. The van der Waals surface area contributed by atoms with E-state index in [9.17, 15) is 0 Å². The van der Waals surface area contributed by atoms with Crippen molar-refractivity contribution in [2.75, 3.05) is 0 Å². The molecule has 0 saturated heterocycles. The second-order valence-electron chi connectivity index (χ2n) is 0. The Hall–Kier alpha value is -0.320. The fraction of sp³-hybridized carbons (Fsp3) is 0. The van der Waals surface area contributed by atoms with Crippen molar-refractivity contribution in [2.45, 2.75) is 0 Å². The highest BCUT2D eigenvalue weighted by Gasteiger charge is -0.339. The highest BCUT2D eigenvalue weighted by molar-refractivity contribution is 2.14. The summed E-state index contributed by atoms with van der Waals surface area (Å²) in [7, 11) is 0. The van der Waals surface area contributed by atoms with Crippen LogP contribution in [-0.2, 0) is 0 Å². The molecule has 0 radical (unpaired) electrons. The van der Waals surface area contributed by atoms with Crippen LogP contribution in [0, 0.1) is 0 Å². The van der Waals surface area contributed by atoms with Crippen molar-refractivity contribution in [3.8, 4) is 0 Å². The van der Waals surface area contributed by atoms with Crippen molar-refractivity contribution in [1.29, 1.82) is 0 Å². The molecule has 0 aromatic heterocycles. The van der Waals surface area contributed by atoms with Gasteiger partial charge in [-0.1, -0.05) is 0 Å². The predicted molar refractivity (Wildman–Crippen MR) is 37.4 cm³/mol. The molecule has 0 aromatic carbocycles. The quantitative estimate of drug-likeness (QED) is 0.252. The van der Waals surface area contributed by atoms with Crippen LogP contribution in [0.1, 0.15) is 0 Å². The van der Waals surface area contributed by atoms with Crippen LogP contribution in [0.3, 0.4) is 0 Å². The summed E-state index contributed by atoms with van der Waals surface area (Å²) in [6, 6.07) is 0. The van der Waals surface area contributed by atoms with Crippen LogP contribution in [0.2, 0.25) is 0 Å². The molecule has 8 heteroatoms. The van der Waals surface area contributed by atoms with E-state index in [1.165, 1.54) is 0 Å². The molecular weight excluding hydrogens is 116 g/mol. The van der Waals surface area contributed by atoms with E-state index in [0.717, 1.165) is 0 Å². The maximum Gasteiger partial charge on any atom is -0.344 e. The van der Waals surface area contributed by atoms with Crippen molar-refractivity contribution in [3.05, 3.63) is 0 Å². The Labute approximate surface area is 49.1 Å². The van der Waals surface area contributed by atoms with Crippen LogP contribution in [0.15, 0.2) is 0 Å². The zero-order valence-corrected chi connectivity index (χ0v) is 5.24. The van der Waals surface area contributed by atoms with E-state index in [0.29, 0.717) is 0 Å². The topological polar surface area (TPSA) is 273 Å². The van der Waals surface area contributed by atoms with Gasteiger partial charge in [-0.2, -0.15) is 0 Å². The fourth-order valence-electron chi connectivity index (χ4n) is 0. The number of hydrogen-bond acceptors (Lipinski definition) is 6. The maximum atomic E-state index is 0. The van der Waals surface area contributed by atoms with E-state index in [4.69, 9.17) is 0 Å². The lowest BCUT2D eigenvalue weighted by Gasteiger charge is -0.413. The molecule has 8 nitrogen and oxygen atoms in total. The summed E-state index contributed by atoms with van der Waals surface area (Å²) in [4.78, 5) is 0. The highest BCUT2D eigenvalue weighted by atomic mass is 16.0. The van der Waals surface area contributed by atoms with Gasteiger partial charge in [0.15, 0.2) is 0 Å². The Morgan fingerprint density at radius 2 is 0.250 bits per heavy atom. The summed E-state index contributed by atoms with van der Waals surface area (Å²) in [5.74, 6) is 0. The van der Waals surface area contributed by atoms with E-state index < -0.39 is 0 Å². The lowest BCUT2D eigenvalue weighted by molar-refractivity contribution is 0.823. The second kappa shape index (κ2) is 2100. The van der Waals surface area contributed by atoms with E-state index >= 15 is 0 Å². The first-order valence-corrected chi connectivity index (χ1v) is 0. The first kappa shape index (κ1) is 3350. The van der Waals surface area contributed by atoms with E-state index in [1.54, 1.807) is 0 Å². The average Bonchev–Trinajstić information content (AvgIpc) is 0. The van der Waals surface area contributed by atoms with Crippen LogP contribution in [-0.4, -0.2) is 11.0 Å². The Bertz CT molecular complexity index is 6.49. The van der Waals surface area contributed by atoms with Gasteiger partial charge >= 0.3 is 0 Å². The van der Waals surface area contributed by atoms with Gasteiger partial charge in [0.1, 0.15) is 0 Å². The summed E-state index contributed by atoms with van der Waals surface area (Å²) in [5, 5.41) is 0. The van der Waals surface area contributed by atoms with Crippen LogP contribution in [0.5, 0.6) is 0 Å². The molecule has 0 unspecified atom stereocenters. The lowest BCUT2D eigenvalue weighted by Crippen LogP contribution is -0.482. The molecule has 0 rings (SSSR count). The van der Waals surface area contributed by atoms with Gasteiger partial charge in [-0.25, -0.2) is 0 Å². The van der Waals surface area contributed by atoms with E-state index in [2.05, 4.69) is 0 Å². The SMILES string of the molecule is N.N.N.N.N.N.O.O. The summed E-state index contributed by atoms with van der Waals surface area (Å²) in [6.07, 6.45) is 0.